The van der Waals surface area contributed by atoms with Crippen LogP contribution in [0.4, 0.5) is 18.9 Å². The van der Waals surface area contributed by atoms with E-state index < -0.39 is 23.4 Å². The van der Waals surface area contributed by atoms with Crippen LogP contribution in [0.2, 0.25) is 0 Å². The van der Waals surface area contributed by atoms with E-state index in [-0.39, 0.29) is 17.2 Å². The van der Waals surface area contributed by atoms with Crippen LogP contribution in [0.1, 0.15) is 28.8 Å². The van der Waals surface area contributed by atoms with E-state index in [1.54, 1.807) is 4.90 Å². The van der Waals surface area contributed by atoms with Crippen LogP contribution in [0, 0.1) is 28.8 Å². The van der Waals surface area contributed by atoms with Crippen molar-refractivity contribution in [1.82, 2.24) is 5.32 Å². The lowest BCUT2D eigenvalue weighted by atomic mass is 10.0. The lowest BCUT2D eigenvalue weighted by Gasteiger charge is -2.35. The number of nitriles is 1. The van der Waals surface area contributed by atoms with Gasteiger partial charge in [0.15, 0.2) is 0 Å². The Morgan fingerprint density at radius 1 is 1.15 bits per heavy atom. The molecule has 1 atom stereocenters. The van der Waals surface area contributed by atoms with Crippen LogP contribution in [0.15, 0.2) is 36.4 Å². The largest absolute Gasteiger partial charge is 0.367 e. The zero-order valence-corrected chi connectivity index (χ0v) is 13.8. The van der Waals surface area contributed by atoms with Gasteiger partial charge < -0.3 is 10.2 Å². The first-order valence-electron chi connectivity index (χ1n) is 8.18. The number of anilines is 1. The van der Waals surface area contributed by atoms with Crippen LogP contribution in [0.5, 0.6) is 0 Å². The summed E-state index contributed by atoms with van der Waals surface area (Å²) in [6, 6.07) is 8.49. The third-order valence-corrected chi connectivity index (χ3v) is 4.35. The fraction of sp³-hybridized carbons (Fsp3) is 0.263. The minimum Gasteiger partial charge on any atom is -0.367 e. The van der Waals surface area contributed by atoms with Crippen molar-refractivity contribution in [3.8, 4) is 6.07 Å². The smallest absolute Gasteiger partial charge is 0.254 e. The second-order valence-corrected chi connectivity index (χ2v) is 6.16. The average molecular weight is 359 g/mol. The number of piperidine rings is 1. The van der Waals surface area contributed by atoms with Gasteiger partial charge >= 0.3 is 0 Å². The van der Waals surface area contributed by atoms with E-state index in [2.05, 4.69) is 5.32 Å². The fourth-order valence-corrected chi connectivity index (χ4v) is 3.08. The van der Waals surface area contributed by atoms with Crippen LogP contribution in [-0.2, 0) is 0 Å². The number of hydrogen-bond acceptors (Lipinski definition) is 3. The van der Waals surface area contributed by atoms with Crippen molar-refractivity contribution >= 4 is 11.6 Å². The van der Waals surface area contributed by atoms with Gasteiger partial charge in [-0.15, -0.1) is 0 Å². The molecule has 1 N–H and O–H groups in total. The zero-order valence-electron chi connectivity index (χ0n) is 13.8. The molecule has 0 radical (unpaired) electrons. The van der Waals surface area contributed by atoms with Crippen molar-refractivity contribution in [2.24, 2.45) is 0 Å². The molecule has 1 saturated heterocycles. The maximum Gasteiger partial charge on any atom is 0.254 e. The van der Waals surface area contributed by atoms with E-state index in [4.69, 9.17) is 5.26 Å². The van der Waals surface area contributed by atoms with E-state index in [1.807, 2.05) is 6.07 Å². The molecular weight excluding hydrogens is 343 g/mol. The highest BCUT2D eigenvalue weighted by Crippen LogP contribution is 2.24. The number of amides is 1. The molecule has 3 rings (SSSR count). The monoisotopic (exact) mass is 359 g/mol. The number of carbonyl (C=O) groups excluding carboxylic acids is 1. The summed E-state index contributed by atoms with van der Waals surface area (Å²) in [6.45, 7) is 0.939. The summed E-state index contributed by atoms with van der Waals surface area (Å²) in [7, 11) is 0. The molecule has 1 amide bonds. The normalized spacial score (nSPS) is 16.8. The first-order chi connectivity index (χ1) is 12.5. The van der Waals surface area contributed by atoms with Crippen LogP contribution < -0.4 is 10.2 Å². The van der Waals surface area contributed by atoms with Gasteiger partial charge in [-0.2, -0.15) is 5.26 Å². The highest BCUT2D eigenvalue weighted by atomic mass is 19.1. The van der Waals surface area contributed by atoms with E-state index >= 15 is 0 Å². The quantitative estimate of drug-likeness (QED) is 0.914. The molecule has 2 aromatic carbocycles. The molecule has 2 aromatic rings. The van der Waals surface area contributed by atoms with Gasteiger partial charge in [-0.05, 0) is 49.2 Å². The number of hydrogen-bond donors (Lipinski definition) is 1. The molecule has 4 nitrogen and oxygen atoms in total. The Morgan fingerprint density at radius 2 is 1.96 bits per heavy atom. The molecule has 1 aliphatic heterocycles. The topological polar surface area (TPSA) is 56.1 Å². The second kappa shape index (κ2) is 7.48. The molecule has 134 valence electrons. The van der Waals surface area contributed by atoms with Crippen LogP contribution in [0.3, 0.4) is 0 Å². The molecule has 0 spiro atoms. The van der Waals surface area contributed by atoms with E-state index in [1.165, 1.54) is 18.2 Å². The number of carbonyl (C=O) groups is 1. The Labute approximate surface area is 148 Å². The van der Waals surface area contributed by atoms with Gasteiger partial charge in [0.05, 0.1) is 22.9 Å². The second-order valence-electron chi connectivity index (χ2n) is 6.16. The number of nitrogens with one attached hydrogen (secondary N) is 1. The predicted molar refractivity (Wildman–Crippen MR) is 90.2 cm³/mol. The lowest BCUT2D eigenvalue weighted by molar-refractivity contribution is 0.0928. The Balaban J connectivity index is 1.72. The van der Waals surface area contributed by atoms with E-state index in [0.29, 0.717) is 31.6 Å². The number of halogens is 3. The van der Waals surface area contributed by atoms with Gasteiger partial charge in [0.1, 0.15) is 17.5 Å². The number of rotatable bonds is 3. The molecule has 1 aliphatic rings. The Kier molecular flexibility index (Phi) is 5.12. The molecule has 0 bridgehead atoms. The van der Waals surface area contributed by atoms with Crippen molar-refractivity contribution < 1.29 is 18.0 Å². The molecule has 0 aromatic heterocycles. The zero-order chi connectivity index (χ0) is 18.7. The van der Waals surface area contributed by atoms with Gasteiger partial charge in [0.2, 0.25) is 0 Å². The van der Waals surface area contributed by atoms with Gasteiger partial charge in [-0.3, -0.25) is 4.79 Å². The maximum atomic E-state index is 14.2. The lowest BCUT2D eigenvalue weighted by Crippen LogP contribution is -2.48. The summed E-state index contributed by atoms with van der Waals surface area (Å²) in [4.78, 5) is 14.0. The van der Waals surface area contributed by atoms with E-state index in [0.717, 1.165) is 18.2 Å². The molecule has 7 heteroatoms. The first-order valence-corrected chi connectivity index (χ1v) is 8.18. The Hall–Kier alpha value is -3.01. The van der Waals surface area contributed by atoms with Crippen molar-refractivity contribution in [2.45, 2.75) is 18.9 Å². The summed E-state index contributed by atoms with van der Waals surface area (Å²) in [5.74, 6) is -2.70. The standard InChI is InChI=1S/C19H16F3N3O/c20-13-4-5-16(21)15(9-13)19(26)24-14-2-1-7-25(11-14)18-6-3-12(10-23)8-17(18)22/h3-6,8-9,14H,1-2,7,11H2,(H,24,26). The molecule has 1 fully saturated rings. The van der Waals surface area contributed by atoms with Crippen molar-refractivity contribution in [3.05, 3.63) is 65.0 Å². The summed E-state index contributed by atoms with van der Waals surface area (Å²) in [6.07, 6.45) is 1.35. The van der Waals surface area contributed by atoms with Gasteiger partial charge in [0.25, 0.3) is 5.91 Å². The van der Waals surface area contributed by atoms with Crippen molar-refractivity contribution in [3.63, 3.8) is 0 Å². The average Bonchev–Trinajstić information content (AvgIpc) is 2.63. The highest BCUT2D eigenvalue weighted by molar-refractivity contribution is 5.94. The highest BCUT2D eigenvalue weighted by Gasteiger charge is 2.25. The first kappa shape index (κ1) is 17.8. The third kappa shape index (κ3) is 3.80. The molecular formula is C19H16F3N3O. The molecule has 1 unspecified atom stereocenters. The summed E-state index contributed by atoms with van der Waals surface area (Å²) in [5.41, 5.74) is 0.223. The predicted octanol–water partition coefficient (Wildman–Crippen LogP) is 3.37. The third-order valence-electron chi connectivity index (χ3n) is 4.35. The van der Waals surface area contributed by atoms with Crippen LogP contribution in [0.25, 0.3) is 0 Å². The molecule has 0 saturated carbocycles. The van der Waals surface area contributed by atoms with Crippen molar-refractivity contribution in [2.75, 3.05) is 18.0 Å². The fourth-order valence-electron chi connectivity index (χ4n) is 3.08. The maximum absolute atomic E-state index is 14.2. The Morgan fingerprint density at radius 3 is 2.69 bits per heavy atom. The molecule has 1 heterocycles. The van der Waals surface area contributed by atoms with Gasteiger partial charge in [-0.1, -0.05) is 0 Å². The minimum absolute atomic E-state index is 0.231. The molecule has 0 aliphatic carbocycles. The van der Waals surface area contributed by atoms with E-state index in [9.17, 15) is 18.0 Å². The van der Waals surface area contributed by atoms with Crippen molar-refractivity contribution in [1.29, 1.82) is 5.26 Å². The number of benzene rings is 2. The van der Waals surface area contributed by atoms with Crippen LogP contribution >= 0.6 is 0 Å². The van der Waals surface area contributed by atoms with Crippen LogP contribution in [-0.4, -0.2) is 25.0 Å². The summed E-state index contributed by atoms with van der Waals surface area (Å²) in [5, 5.41) is 11.5. The number of nitrogens with zero attached hydrogens (tertiary/aromatic N) is 2. The Bertz CT molecular complexity index is 879. The summed E-state index contributed by atoms with van der Waals surface area (Å²) < 4.78 is 41.2. The van der Waals surface area contributed by atoms with Gasteiger partial charge in [-0.25, -0.2) is 13.2 Å². The minimum atomic E-state index is -0.797. The summed E-state index contributed by atoms with van der Waals surface area (Å²) >= 11 is 0. The van der Waals surface area contributed by atoms with Gasteiger partial charge in [0, 0.05) is 19.1 Å². The molecule has 26 heavy (non-hydrogen) atoms. The SMILES string of the molecule is N#Cc1ccc(N2CCCC(NC(=O)c3cc(F)ccc3F)C2)c(F)c1.